The summed E-state index contributed by atoms with van der Waals surface area (Å²) in [5, 5.41) is 7.00. The topological polar surface area (TPSA) is 66.4 Å². The molecule has 4 rings (SSSR count). The molecule has 0 unspecified atom stereocenters. The lowest BCUT2D eigenvalue weighted by Crippen LogP contribution is -2.44. The zero-order chi connectivity index (χ0) is 23.9. The second-order valence-corrected chi connectivity index (χ2v) is 8.81. The second-order valence-electron chi connectivity index (χ2n) is 8.81. The molecule has 34 heavy (non-hydrogen) atoms. The van der Waals surface area contributed by atoms with Crippen LogP contribution in [0.25, 0.3) is 10.9 Å². The van der Waals surface area contributed by atoms with Crippen molar-refractivity contribution in [3.05, 3.63) is 81.6 Å². The molecule has 1 amide bonds. The minimum Gasteiger partial charge on any atom is -0.355 e. The van der Waals surface area contributed by atoms with E-state index >= 15 is 0 Å². The number of rotatable bonds is 6. The molecule has 0 atom stereocenters. The van der Waals surface area contributed by atoms with Gasteiger partial charge in [-0.2, -0.15) is 0 Å². The number of carbonyl (C=O) groups is 1. The molecule has 1 fully saturated rings. The highest BCUT2D eigenvalue weighted by atomic mass is 16.2. The number of hydrogen-bond donors (Lipinski definition) is 2. The van der Waals surface area contributed by atoms with Gasteiger partial charge in [-0.3, -0.25) is 9.59 Å². The van der Waals surface area contributed by atoms with Crippen molar-refractivity contribution >= 4 is 16.8 Å². The summed E-state index contributed by atoms with van der Waals surface area (Å²) in [6.45, 7) is 6.09. The molecule has 176 valence electrons. The van der Waals surface area contributed by atoms with Crippen molar-refractivity contribution in [3.63, 3.8) is 0 Å². The van der Waals surface area contributed by atoms with Crippen LogP contribution in [0, 0.1) is 18.8 Å². The van der Waals surface area contributed by atoms with E-state index < -0.39 is 0 Å². The van der Waals surface area contributed by atoms with E-state index in [1.807, 2.05) is 55.5 Å². The standard InChI is InChI=1S/C28H32N4O2/c1-21-10-11-24-25(28(34)29-2)20-27(33)32(26(24)19-21)18-17-31-15-12-23(13-16-31)30-14-6-9-22-7-4-3-5-8-22/h3-5,7-8,10-11,19-20,23,30H,12-18H2,1-2H3,(H,29,34). The van der Waals surface area contributed by atoms with Crippen LogP contribution in [0.1, 0.15) is 34.3 Å². The van der Waals surface area contributed by atoms with Gasteiger partial charge in [0.15, 0.2) is 0 Å². The normalized spacial score (nSPS) is 14.5. The van der Waals surface area contributed by atoms with E-state index in [2.05, 4.69) is 27.4 Å². The molecular formula is C28H32N4O2. The van der Waals surface area contributed by atoms with Crippen LogP contribution in [0.2, 0.25) is 0 Å². The Labute approximate surface area is 201 Å². The van der Waals surface area contributed by atoms with Crippen LogP contribution in [-0.2, 0) is 6.54 Å². The van der Waals surface area contributed by atoms with Gasteiger partial charge in [0.1, 0.15) is 0 Å². The van der Waals surface area contributed by atoms with Crippen LogP contribution in [0.4, 0.5) is 0 Å². The van der Waals surface area contributed by atoms with Gasteiger partial charge in [-0.15, -0.1) is 0 Å². The third kappa shape index (κ3) is 5.74. The van der Waals surface area contributed by atoms with Crippen molar-refractivity contribution in [2.24, 2.45) is 0 Å². The van der Waals surface area contributed by atoms with E-state index in [-0.39, 0.29) is 11.5 Å². The Morgan fingerprint density at radius 3 is 2.56 bits per heavy atom. The Bertz CT molecular complexity index is 1260. The van der Waals surface area contributed by atoms with Crippen LogP contribution in [0.3, 0.4) is 0 Å². The fourth-order valence-corrected chi connectivity index (χ4v) is 4.51. The fraction of sp³-hybridized carbons (Fsp3) is 0.357. The average Bonchev–Trinajstić information content (AvgIpc) is 2.86. The van der Waals surface area contributed by atoms with E-state index in [9.17, 15) is 9.59 Å². The van der Waals surface area contributed by atoms with Crippen molar-refractivity contribution in [1.29, 1.82) is 0 Å². The Balaban J connectivity index is 1.34. The number of aromatic nitrogens is 1. The summed E-state index contributed by atoms with van der Waals surface area (Å²) in [5.74, 6) is 6.16. The largest absolute Gasteiger partial charge is 0.355 e. The van der Waals surface area contributed by atoms with E-state index in [4.69, 9.17) is 0 Å². The predicted octanol–water partition coefficient (Wildman–Crippen LogP) is 2.78. The van der Waals surface area contributed by atoms with Gasteiger partial charge >= 0.3 is 0 Å². The minimum absolute atomic E-state index is 0.134. The number of nitrogens with one attached hydrogen (secondary N) is 2. The Hall–Kier alpha value is -3.40. The lowest BCUT2D eigenvalue weighted by Gasteiger charge is -2.32. The summed E-state index contributed by atoms with van der Waals surface area (Å²) in [7, 11) is 1.59. The first-order valence-electron chi connectivity index (χ1n) is 11.9. The number of benzene rings is 2. The highest BCUT2D eigenvalue weighted by Crippen LogP contribution is 2.19. The fourth-order valence-electron chi connectivity index (χ4n) is 4.51. The summed E-state index contributed by atoms with van der Waals surface area (Å²) in [5.41, 5.74) is 3.23. The molecule has 0 saturated carbocycles. The number of carbonyl (C=O) groups excluding carboxylic acids is 1. The van der Waals surface area contributed by atoms with Gasteiger partial charge in [0.05, 0.1) is 17.6 Å². The maximum atomic E-state index is 12.9. The lowest BCUT2D eigenvalue weighted by atomic mass is 10.0. The molecule has 1 aliphatic heterocycles. The number of pyridine rings is 1. The van der Waals surface area contributed by atoms with Crippen LogP contribution >= 0.6 is 0 Å². The SMILES string of the molecule is CNC(=O)c1cc(=O)n(CCN2CCC(NCC#Cc3ccccc3)CC2)c2cc(C)ccc12. The molecule has 6 heteroatoms. The van der Waals surface area contributed by atoms with Crippen molar-refractivity contribution in [1.82, 2.24) is 20.1 Å². The smallest absolute Gasteiger partial charge is 0.251 e. The number of hydrogen-bond acceptors (Lipinski definition) is 4. The molecule has 0 radical (unpaired) electrons. The molecule has 2 heterocycles. The number of likely N-dealkylation sites (tertiary alicyclic amines) is 1. The van der Waals surface area contributed by atoms with Gasteiger partial charge in [0.25, 0.3) is 11.5 Å². The maximum absolute atomic E-state index is 12.9. The summed E-state index contributed by atoms with van der Waals surface area (Å²) in [6, 6.07) is 17.9. The summed E-state index contributed by atoms with van der Waals surface area (Å²) in [6.07, 6.45) is 2.13. The molecule has 6 nitrogen and oxygen atoms in total. The molecule has 1 aliphatic rings. The van der Waals surface area contributed by atoms with Gasteiger partial charge < -0.3 is 20.1 Å². The average molecular weight is 457 g/mol. The van der Waals surface area contributed by atoms with Gasteiger partial charge in [-0.25, -0.2) is 0 Å². The van der Waals surface area contributed by atoms with Crippen LogP contribution in [0.15, 0.2) is 59.4 Å². The first-order valence-corrected chi connectivity index (χ1v) is 11.9. The van der Waals surface area contributed by atoms with E-state index in [0.717, 1.165) is 54.5 Å². The maximum Gasteiger partial charge on any atom is 0.251 e. The summed E-state index contributed by atoms with van der Waals surface area (Å²) < 4.78 is 1.80. The summed E-state index contributed by atoms with van der Waals surface area (Å²) in [4.78, 5) is 27.6. The zero-order valence-corrected chi connectivity index (χ0v) is 19.9. The molecular weight excluding hydrogens is 424 g/mol. The quantitative estimate of drug-likeness (QED) is 0.560. The van der Waals surface area contributed by atoms with Gasteiger partial charge in [-0.1, -0.05) is 42.2 Å². The Morgan fingerprint density at radius 2 is 1.82 bits per heavy atom. The molecule has 1 saturated heterocycles. The molecule has 1 aromatic heterocycles. The first kappa shape index (κ1) is 23.7. The first-order chi connectivity index (χ1) is 16.5. The van der Waals surface area contributed by atoms with Gasteiger partial charge in [0.2, 0.25) is 0 Å². The van der Waals surface area contributed by atoms with Crippen LogP contribution in [0.5, 0.6) is 0 Å². The number of fused-ring (bicyclic) bond motifs is 1. The number of aryl methyl sites for hydroxylation is 1. The monoisotopic (exact) mass is 456 g/mol. The number of piperidine rings is 1. The highest BCUT2D eigenvalue weighted by molar-refractivity contribution is 6.06. The highest BCUT2D eigenvalue weighted by Gasteiger charge is 2.19. The van der Waals surface area contributed by atoms with Crippen molar-refractivity contribution in [2.75, 3.05) is 33.2 Å². The molecule has 2 N–H and O–H groups in total. The zero-order valence-electron chi connectivity index (χ0n) is 19.9. The number of amides is 1. The molecule has 2 aromatic carbocycles. The Kier molecular flexibility index (Phi) is 7.79. The van der Waals surface area contributed by atoms with Crippen LogP contribution in [-0.4, -0.2) is 54.6 Å². The lowest BCUT2D eigenvalue weighted by molar-refractivity contribution is 0.0964. The van der Waals surface area contributed by atoms with E-state index in [1.54, 1.807) is 11.6 Å². The number of nitrogens with zero attached hydrogens (tertiary/aromatic N) is 2. The molecule has 3 aromatic rings. The third-order valence-corrected chi connectivity index (χ3v) is 6.45. The van der Waals surface area contributed by atoms with Gasteiger partial charge in [0, 0.05) is 43.2 Å². The van der Waals surface area contributed by atoms with Crippen molar-refractivity contribution in [3.8, 4) is 11.8 Å². The van der Waals surface area contributed by atoms with E-state index in [1.165, 1.54) is 6.07 Å². The Morgan fingerprint density at radius 1 is 1.06 bits per heavy atom. The molecule has 0 aliphatic carbocycles. The second kappa shape index (κ2) is 11.1. The predicted molar refractivity (Wildman–Crippen MR) is 137 cm³/mol. The van der Waals surface area contributed by atoms with Gasteiger partial charge in [-0.05, 0) is 56.6 Å². The van der Waals surface area contributed by atoms with Crippen LogP contribution < -0.4 is 16.2 Å². The molecule has 0 spiro atoms. The summed E-state index contributed by atoms with van der Waals surface area (Å²) >= 11 is 0. The molecule has 0 bridgehead atoms. The van der Waals surface area contributed by atoms with Crippen molar-refractivity contribution < 1.29 is 4.79 Å². The van der Waals surface area contributed by atoms with Crippen molar-refractivity contribution in [2.45, 2.75) is 32.4 Å². The third-order valence-electron chi connectivity index (χ3n) is 6.45. The minimum atomic E-state index is -0.235. The van der Waals surface area contributed by atoms with E-state index in [0.29, 0.717) is 24.7 Å².